The molecule has 0 unspecified atom stereocenters. The average Bonchev–Trinajstić information content (AvgIpc) is 2.31. The van der Waals surface area contributed by atoms with Gasteiger partial charge in [-0.05, 0) is 6.54 Å². The summed E-state index contributed by atoms with van der Waals surface area (Å²) in [6.45, 7) is 4.41. The van der Waals surface area contributed by atoms with E-state index in [2.05, 4.69) is 12.2 Å². The summed E-state index contributed by atoms with van der Waals surface area (Å²) in [7, 11) is 0. The fourth-order valence-electron chi connectivity index (χ4n) is 1.13. The van der Waals surface area contributed by atoms with E-state index >= 15 is 0 Å². The van der Waals surface area contributed by atoms with Gasteiger partial charge in [0, 0.05) is 13.0 Å². The first-order chi connectivity index (χ1) is 4.83. The minimum absolute atomic E-state index is 0.231. The van der Waals surface area contributed by atoms with Crippen LogP contribution in [0.25, 0.3) is 0 Å². The fraction of sp³-hybridized carbons (Fsp3) is 1.00. The zero-order chi connectivity index (χ0) is 7.40. The molecule has 0 radical (unpaired) electrons. The Morgan fingerprint density at radius 1 is 1.70 bits per heavy atom. The van der Waals surface area contributed by atoms with Crippen molar-refractivity contribution < 1.29 is 9.84 Å². The average molecular weight is 145 g/mol. The third-order valence-electron chi connectivity index (χ3n) is 1.68. The van der Waals surface area contributed by atoms with Gasteiger partial charge in [0.25, 0.3) is 0 Å². The number of ether oxygens (including phenoxy) is 1. The molecule has 2 N–H and O–H groups in total. The smallest absolute Gasteiger partial charge is 0.0799 e. The van der Waals surface area contributed by atoms with Crippen molar-refractivity contribution in [1.29, 1.82) is 0 Å². The van der Waals surface area contributed by atoms with Crippen LogP contribution in [0.3, 0.4) is 0 Å². The number of aliphatic hydroxyl groups is 1. The maximum absolute atomic E-state index is 9.05. The van der Waals surface area contributed by atoms with Gasteiger partial charge in [0.1, 0.15) is 0 Å². The van der Waals surface area contributed by atoms with Crippen LogP contribution < -0.4 is 5.32 Å². The third kappa shape index (κ3) is 2.25. The molecule has 1 rings (SSSR count). The summed E-state index contributed by atoms with van der Waals surface area (Å²) in [6.07, 6.45) is 0.783. The van der Waals surface area contributed by atoms with Crippen molar-refractivity contribution in [3.8, 4) is 0 Å². The first kappa shape index (κ1) is 7.98. The highest BCUT2D eigenvalue weighted by Crippen LogP contribution is 2.11. The fourth-order valence-corrected chi connectivity index (χ4v) is 1.13. The van der Waals surface area contributed by atoms with Crippen LogP contribution >= 0.6 is 0 Å². The lowest BCUT2D eigenvalue weighted by atomic mass is 10.2. The van der Waals surface area contributed by atoms with Gasteiger partial charge in [-0.15, -0.1) is 0 Å². The Bertz CT molecular complexity index is 97.6. The molecule has 1 aliphatic rings. The summed E-state index contributed by atoms with van der Waals surface area (Å²) in [5.41, 5.74) is 0. The van der Waals surface area contributed by atoms with Gasteiger partial charge in [-0.2, -0.15) is 0 Å². The Morgan fingerprint density at radius 2 is 2.50 bits per heavy atom. The Morgan fingerprint density at radius 3 is 3.00 bits per heavy atom. The van der Waals surface area contributed by atoms with Crippen molar-refractivity contribution in [3.63, 3.8) is 0 Å². The van der Waals surface area contributed by atoms with Crippen LogP contribution in [0.2, 0.25) is 0 Å². The van der Waals surface area contributed by atoms with Gasteiger partial charge in [-0.1, -0.05) is 6.92 Å². The van der Waals surface area contributed by atoms with Crippen LogP contribution in [0.5, 0.6) is 0 Å². The van der Waals surface area contributed by atoms with E-state index in [-0.39, 0.29) is 12.2 Å². The molecule has 0 bridgehead atoms. The molecule has 60 valence electrons. The summed E-state index contributed by atoms with van der Waals surface area (Å²) in [5, 5.41) is 12.2. The first-order valence-corrected chi connectivity index (χ1v) is 3.83. The summed E-state index contributed by atoms with van der Waals surface area (Å²) in [5.74, 6) is 0. The van der Waals surface area contributed by atoms with Gasteiger partial charge >= 0.3 is 0 Å². The van der Waals surface area contributed by atoms with Crippen LogP contribution in [-0.2, 0) is 4.74 Å². The first-order valence-electron chi connectivity index (χ1n) is 3.83. The van der Waals surface area contributed by atoms with Crippen molar-refractivity contribution in [2.24, 2.45) is 0 Å². The molecule has 0 amide bonds. The molecule has 0 saturated carbocycles. The maximum Gasteiger partial charge on any atom is 0.0799 e. The Labute approximate surface area is 61.4 Å². The zero-order valence-corrected chi connectivity index (χ0v) is 6.34. The van der Waals surface area contributed by atoms with E-state index < -0.39 is 0 Å². The predicted molar refractivity (Wildman–Crippen MR) is 38.9 cm³/mol. The largest absolute Gasteiger partial charge is 0.391 e. The lowest BCUT2D eigenvalue weighted by Gasteiger charge is -2.07. The molecule has 3 heteroatoms. The quantitative estimate of drug-likeness (QED) is 0.575. The van der Waals surface area contributed by atoms with E-state index in [1.54, 1.807) is 0 Å². The Kier molecular flexibility index (Phi) is 3.12. The lowest BCUT2D eigenvalue weighted by Crippen LogP contribution is -2.26. The molecular weight excluding hydrogens is 130 g/mol. The molecule has 2 atom stereocenters. The Balaban J connectivity index is 2.06. The third-order valence-corrected chi connectivity index (χ3v) is 1.68. The van der Waals surface area contributed by atoms with Crippen LogP contribution in [0, 0.1) is 0 Å². The lowest BCUT2D eigenvalue weighted by molar-refractivity contribution is 0.0886. The second-order valence-corrected chi connectivity index (χ2v) is 2.65. The van der Waals surface area contributed by atoms with Crippen LogP contribution in [0.15, 0.2) is 0 Å². The van der Waals surface area contributed by atoms with E-state index in [0.717, 1.165) is 19.5 Å². The van der Waals surface area contributed by atoms with Gasteiger partial charge in [0.2, 0.25) is 0 Å². The molecule has 1 heterocycles. The standard InChI is InChI=1S/C7H15NO2/c1-2-8-4-7-3-6(9)5-10-7/h6-9H,2-5H2,1H3/t6-,7-/m0/s1. The topological polar surface area (TPSA) is 41.5 Å². The molecule has 0 spiro atoms. The number of nitrogens with one attached hydrogen (secondary N) is 1. The molecule has 10 heavy (non-hydrogen) atoms. The van der Waals surface area contributed by atoms with Gasteiger partial charge < -0.3 is 15.2 Å². The number of hydrogen-bond acceptors (Lipinski definition) is 3. The predicted octanol–water partition coefficient (Wildman–Crippen LogP) is -0.254. The summed E-state index contributed by atoms with van der Waals surface area (Å²) in [4.78, 5) is 0. The van der Waals surface area contributed by atoms with E-state index in [9.17, 15) is 0 Å². The molecule has 0 aromatic heterocycles. The highest BCUT2D eigenvalue weighted by Gasteiger charge is 2.22. The van der Waals surface area contributed by atoms with Gasteiger partial charge in [0.15, 0.2) is 0 Å². The second kappa shape index (κ2) is 3.91. The van der Waals surface area contributed by atoms with Crippen molar-refractivity contribution in [1.82, 2.24) is 5.32 Å². The van der Waals surface area contributed by atoms with Crippen molar-refractivity contribution in [2.75, 3.05) is 19.7 Å². The number of hydrogen-bond donors (Lipinski definition) is 2. The molecule has 3 nitrogen and oxygen atoms in total. The summed E-state index contributed by atoms with van der Waals surface area (Å²) < 4.78 is 5.25. The van der Waals surface area contributed by atoms with Crippen molar-refractivity contribution in [2.45, 2.75) is 25.6 Å². The molecule has 0 aromatic rings. The van der Waals surface area contributed by atoms with Crippen molar-refractivity contribution in [3.05, 3.63) is 0 Å². The zero-order valence-electron chi connectivity index (χ0n) is 6.34. The normalized spacial score (nSPS) is 33.0. The van der Waals surface area contributed by atoms with Crippen LogP contribution in [-0.4, -0.2) is 37.0 Å². The minimum atomic E-state index is -0.233. The van der Waals surface area contributed by atoms with E-state index in [1.165, 1.54) is 0 Å². The second-order valence-electron chi connectivity index (χ2n) is 2.65. The van der Waals surface area contributed by atoms with E-state index in [0.29, 0.717) is 6.61 Å². The van der Waals surface area contributed by atoms with Crippen LogP contribution in [0.4, 0.5) is 0 Å². The SMILES string of the molecule is CCNC[C@@H]1C[C@H](O)CO1. The molecule has 1 aliphatic heterocycles. The van der Waals surface area contributed by atoms with Gasteiger partial charge in [-0.25, -0.2) is 0 Å². The minimum Gasteiger partial charge on any atom is -0.391 e. The molecule has 0 aromatic carbocycles. The van der Waals surface area contributed by atoms with Crippen molar-refractivity contribution >= 4 is 0 Å². The monoisotopic (exact) mass is 145 g/mol. The molecule has 1 saturated heterocycles. The molecule has 0 aliphatic carbocycles. The van der Waals surface area contributed by atoms with E-state index in [4.69, 9.17) is 9.84 Å². The summed E-state index contributed by atoms with van der Waals surface area (Å²) in [6, 6.07) is 0. The Hall–Kier alpha value is -0.120. The number of rotatable bonds is 3. The van der Waals surface area contributed by atoms with E-state index in [1.807, 2.05) is 0 Å². The highest BCUT2D eigenvalue weighted by atomic mass is 16.5. The van der Waals surface area contributed by atoms with Gasteiger partial charge in [0.05, 0.1) is 18.8 Å². The van der Waals surface area contributed by atoms with Crippen LogP contribution in [0.1, 0.15) is 13.3 Å². The highest BCUT2D eigenvalue weighted by molar-refractivity contribution is 4.73. The maximum atomic E-state index is 9.05. The number of aliphatic hydroxyl groups excluding tert-OH is 1. The molecule has 1 fully saturated rings. The number of likely N-dealkylation sites (N-methyl/N-ethyl adjacent to an activating group) is 1. The van der Waals surface area contributed by atoms with Gasteiger partial charge in [-0.3, -0.25) is 0 Å². The molecular formula is C7H15NO2. The summed E-state index contributed by atoms with van der Waals surface area (Å²) >= 11 is 0.